The first-order valence-electron chi connectivity index (χ1n) is 4.87. The number of aromatic nitrogens is 2. The van der Waals surface area contributed by atoms with Gasteiger partial charge in [0, 0.05) is 24.2 Å². The summed E-state index contributed by atoms with van der Waals surface area (Å²) in [5, 5.41) is 5.44. The van der Waals surface area contributed by atoms with Gasteiger partial charge in [-0.2, -0.15) is 0 Å². The lowest BCUT2D eigenvalue weighted by molar-refractivity contribution is 0.556. The molecule has 2 aromatic rings. The van der Waals surface area contributed by atoms with Crippen LogP contribution in [0.2, 0.25) is 0 Å². The van der Waals surface area contributed by atoms with E-state index in [0.29, 0.717) is 0 Å². The van der Waals surface area contributed by atoms with E-state index in [1.807, 2.05) is 29.9 Å². The summed E-state index contributed by atoms with van der Waals surface area (Å²) >= 11 is 1.62. The zero-order valence-corrected chi connectivity index (χ0v) is 9.37. The largest absolute Gasteiger partial charge is 0.303 e. The van der Waals surface area contributed by atoms with E-state index in [-0.39, 0.29) is 6.04 Å². The van der Waals surface area contributed by atoms with E-state index in [1.54, 1.807) is 11.3 Å². The predicted molar refractivity (Wildman–Crippen MR) is 61.6 cm³/mol. The first kappa shape index (κ1) is 10.3. The molecule has 78 valence electrons. The van der Waals surface area contributed by atoms with E-state index in [1.165, 1.54) is 0 Å². The van der Waals surface area contributed by atoms with Gasteiger partial charge < -0.3 is 5.32 Å². The molecule has 0 fully saturated rings. The van der Waals surface area contributed by atoms with Crippen LogP contribution >= 0.6 is 11.3 Å². The molecule has 0 aliphatic carbocycles. The summed E-state index contributed by atoms with van der Waals surface area (Å²) in [5.74, 6) is 0. The van der Waals surface area contributed by atoms with Crippen molar-refractivity contribution in [3.05, 3.63) is 46.7 Å². The summed E-state index contributed by atoms with van der Waals surface area (Å²) in [6, 6.07) is 6.21. The molecule has 0 aromatic carbocycles. The molecule has 0 aliphatic rings. The number of nitrogens with zero attached hydrogens (tertiary/aromatic N) is 2. The molecular weight excluding hydrogens is 206 g/mol. The van der Waals surface area contributed by atoms with Crippen molar-refractivity contribution >= 4 is 11.3 Å². The maximum atomic E-state index is 4.30. The van der Waals surface area contributed by atoms with Gasteiger partial charge in [0.1, 0.15) is 0 Å². The summed E-state index contributed by atoms with van der Waals surface area (Å²) in [6.45, 7) is 2.90. The van der Waals surface area contributed by atoms with Crippen LogP contribution in [0.15, 0.2) is 35.3 Å². The Morgan fingerprint density at radius 3 is 3.00 bits per heavy atom. The summed E-state index contributed by atoms with van der Waals surface area (Å²) < 4.78 is 0. The lowest BCUT2D eigenvalue weighted by Crippen LogP contribution is -2.19. The Morgan fingerprint density at radius 2 is 2.33 bits per heavy atom. The van der Waals surface area contributed by atoms with Gasteiger partial charge in [-0.15, -0.1) is 11.3 Å². The van der Waals surface area contributed by atoms with Gasteiger partial charge in [-0.1, -0.05) is 6.07 Å². The van der Waals surface area contributed by atoms with Crippen LogP contribution < -0.4 is 5.32 Å². The van der Waals surface area contributed by atoms with E-state index < -0.39 is 0 Å². The highest BCUT2D eigenvalue weighted by atomic mass is 32.1. The van der Waals surface area contributed by atoms with Gasteiger partial charge in [-0.25, -0.2) is 4.98 Å². The summed E-state index contributed by atoms with van der Waals surface area (Å²) in [5.41, 5.74) is 4.00. The van der Waals surface area contributed by atoms with Crippen molar-refractivity contribution < 1.29 is 0 Å². The van der Waals surface area contributed by atoms with Crippen LogP contribution in [0.3, 0.4) is 0 Å². The fourth-order valence-electron chi connectivity index (χ4n) is 1.32. The topological polar surface area (TPSA) is 37.8 Å². The molecule has 0 amide bonds. The zero-order chi connectivity index (χ0) is 10.5. The van der Waals surface area contributed by atoms with Crippen LogP contribution in [0.25, 0.3) is 0 Å². The third-order valence-electron chi connectivity index (χ3n) is 2.20. The van der Waals surface area contributed by atoms with Crippen LogP contribution in [0.4, 0.5) is 0 Å². The second kappa shape index (κ2) is 5.00. The molecule has 0 spiro atoms. The van der Waals surface area contributed by atoms with Crippen LogP contribution in [-0.2, 0) is 6.54 Å². The second-order valence-corrected chi connectivity index (χ2v) is 4.06. The van der Waals surface area contributed by atoms with Gasteiger partial charge in [0.25, 0.3) is 0 Å². The Bertz CT molecular complexity index is 385. The molecule has 2 rings (SSSR count). The highest BCUT2D eigenvalue weighted by molar-refractivity contribution is 7.07. The molecule has 1 atom stereocenters. The molecule has 0 bridgehead atoms. The number of rotatable bonds is 4. The molecule has 0 saturated carbocycles. The minimum absolute atomic E-state index is 0.257. The van der Waals surface area contributed by atoms with Crippen LogP contribution in [-0.4, -0.2) is 9.97 Å². The summed E-state index contributed by atoms with van der Waals surface area (Å²) in [4.78, 5) is 8.52. The van der Waals surface area contributed by atoms with Gasteiger partial charge in [0.15, 0.2) is 0 Å². The van der Waals surface area contributed by atoms with Crippen molar-refractivity contribution in [1.82, 2.24) is 15.3 Å². The molecule has 2 heterocycles. The van der Waals surface area contributed by atoms with Crippen LogP contribution in [0, 0.1) is 0 Å². The van der Waals surface area contributed by atoms with E-state index in [4.69, 9.17) is 0 Å². The zero-order valence-electron chi connectivity index (χ0n) is 8.55. The third-order valence-corrected chi connectivity index (χ3v) is 2.84. The smallest absolute Gasteiger partial charge is 0.0795 e. The van der Waals surface area contributed by atoms with Crippen molar-refractivity contribution in [1.29, 1.82) is 0 Å². The first-order chi connectivity index (χ1) is 7.36. The Kier molecular flexibility index (Phi) is 3.42. The minimum atomic E-state index is 0.257. The Labute approximate surface area is 93.2 Å². The molecular formula is C11H13N3S. The minimum Gasteiger partial charge on any atom is -0.303 e. The van der Waals surface area contributed by atoms with Crippen LogP contribution in [0.1, 0.15) is 24.4 Å². The third kappa shape index (κ3) is 2.84. The summed E-state index contributed by atoms with van der Waals surface area (Å²) in [7, 11) is 0. The van der Waals surface area contributed by atoms with Gasteiger partial charge in [-0.05, 0) is 19.1 Å². The predicted octanol–water partition coefficient (Wildman–Crippen LogP) is 2.39. The maximum Gasteiger partial charge on any atom is 0.0795 e. The van der Waals surface area contributed by atoms with Gasteiger partial charge in [-0.3, -0.25) is 4.98 Å². The summed E-state index contributed by atoms with van der Waals surface area (Å²) in [6.07, 6.45) is 1.82. The molecule has 1 unspecified atom stereocenters. The number of hydrogen-bond donors (Lipinski definition) is 1. The normalized spacial score (nSPS) is 12.6. The Balaban J connectivity index is 1.90. The van der Waals surface area contributed by atoms with E-state index >= 15 is 0 Å². The first-order valence-corrected chi connectivity index (χ1v) is 5.82. The quantitative estimate of drug-likeness (QED) is 0.858. The molecule has 0 saturated heterocycles. The molecule has 2 aromatic heterocycles. The van der Waals surface area contributed by atoms with Crippen molar-refractivity contribution in [2.24, 2.45) is 0 Å². The number of pyridine rings is 1. The lowest BCUT2D eigenvalue weighted by atomic mass is 10.2. The van der Waals surface area contributed by atoms with Crippen LogP contribution in [0.5, 0.6) is 0 Å². The monoisotopic (exact) mass is 219 g/mol. The SMILES string of the molecule is CC(NCc1cscn1)c1ccccn1. The lowest BCUT2D eigenvalue weighted by Gasteiger charge is -2.11. The standard InChI is InChI=1S/C11H13N3S/c1-9(11-4-2-3-5-12-11)13-6-10-7-15-8-14-10/h2-5,7-9,13H,6H2,1H3. The number of nitrogens with one attached hydrogen (secondary N) is 1. The van der Waals surface area contributed by atoms with Crippen molar-refractivity contribution in [3.8, 4) is 0 Å². The molecule has 4 heteroatoms. The molecule has 0 radical (unpaired) electrons. The van der Waals surface area contributed by atoms with Gasteiger partial charge in [0.05, 0.1) is 16.9 Å². The molecule has 1 N–H and O–H groups in total. The van der Waals surface area contributed by atoms with Crippen molar-refractivity contribution in [3.63, 3.8) is 0 Å². The molecule has 0 aliphatic heterocycles. The van der Waals surface area contributed by atoms with E-state index in [0.717, 1.165) is 17.9 Å². The number of hydrogen-bond acceptors (Lipinski definition) is 4. The highest BCUT2D eigenvalue weighted by Gasteiger charge is 2.05. The second-order valence-electron chi connectivity index (χ2n) is 3.34. The van der Waals surface area contributed by atoms with E-state index in [9.17, 15) is 0 Å². The Hall–Kier alpha value is -1.26. The van der Waals surface area contributed by atoms with Crippen molar-refractivity contribution in [2.75, 3.05) is 0 Å². The van der Waals surface area contributed by atoms with Crippen molar-refractivity contribution in [2.45, 2.75) is 19.5 Å². The van der Waals surface area contributed by atoms with Gasteiger partial charge in [0.2, 0.25) is 0 Å². The average molecular weight is 219 g/mol. The van der Waals surface area contributed by atoms with E-state index in [2.05, 4.69) is 27.6 Å². The fraction of sp³-hybridized carbons (Fsp3) is 0.273. The average Bonchev–Trinajstić information content (AvgIpc) is 2.80. The highest BCUT2D eigenvalue weighted by Crippen LogP contribution is 2.09. The molecule has 3 nitrogen and oxygen atoms in total. The maximum absolute atomic E-state index is 4.30. The Morgan fingerprint density at radius 1 is 1.40 bits per heavy atom. The van der Waals surface area contributed by atoms with Gasteiger partial charge >= 0.3 is 0 Å². The fourth-order valence-corrected chi connectivity index (χ4v) is 1.88. The molecule has 15 heavy (non-hydrogen) atoms. The number of thiazole rings is 1.